The van der Waals surface area contributed by atoms with E-state index in [0.29, 0.717) is 6.29 Å². The Morgan fingerprint density at radius 1 is 1.38 bits per heavy atom. The molecule has 0 aromatic carbocycles. The highest BCUT2D eigenvalue weighted by Crippen LogP contribution is 2.16. The van der Waals surface area contributed by atoms with Crippen LogP contribution in [0.25, 0.3) is 0 Å². The fourth-order valence-electron chi connectivity index (χ4n) is 2.06. The zero-order valence-corrected chi connectivity index (χ0v) is 14.6. The van der Waals surface area contributed by atoms with Crippen LogP contribution in [-0.2, 0) is 19.2 Å². The van der Waals surface area contributed by atoms with Gasteiger partial charge < -0.3 is 10.2 Å². The SMILES string of the molecule is C=C/C(C=O)=C(\C=C/C)C(=O)N(C)C1CCC(=O)NC1=O.CNC. The number of rotatable bonds is 5. The fraction of sp³-hybridized carbons (Fsp3) is 0.412. The molecule has 0 aromatic heterocycles. The molecule has 1 rings (SSSR count). The summed E-state index contributed by atoms with van der Waals surface area (Å²) in [4.78, 5) is 47.6. The van der Waals surface area contributed by atoms with Crippen LogP contribution in [0.3, 0.4) is 0 Å². The number of nitrogens with one attached hydrogen (secondary N) is 2. The van der Waals surface area contributed by atoms with Crippen LogP contribution in [0.15, 0.2) is 36.0 Å². The lowest BCUT2D eigenvalue weighted by Gasteiger charge is -2.30. The van der Waals surface area contributed by atoms with Gasteiger partial charge >= 0.3 is 0 Å². The van der Waals surface area contributed by atoms with E-state index in [-0.39, 0.29) is 29.9 Å². The number of carbonyl (C=O) groups excluding carboxylic acids is 4. The minimum Gasteiger partial charge on any atom is -0.330 e. The van der Waals surface area contributed by atoms with E-state index in [2.05, 4.69) is 17.2 Å². The van der Waals surface area contributed by atoms with E-state index < -0.39 is 17.9 Å². The van der Waals surface area contributed by atoms with Gasteiger partial charge in [0.05, 0.1) is 0 Å². The molecule has 0 radical (unpaired) electrons. The Bertz CT molecular complexity index is 554. The molecule has 1 saturated heterocycles. The number of hydrogen-bond acceptors (Lipinski definition) is 5. The predicted octanol–water partition coefficient (Wildman–Crippen LogP) is 0.343. The lowest BCUT2D eigenvalue weighted by Crippen LogP contribution is -2.53. The molecule has 1 aliphatic rings. The predicted molar refractivity (Wildman–Crippen MR) is 92.0 cm³/mol. The van der Waals surface area contributed by atoms with E-state index in [1.54, 1.807) is 13.0 Å². The summed E-state index contributed by atoms with van der Waals surface area (Å²) in [5.41, 5.74) is 0.312. The van der Waals surface area contributed by atoms with Crippen molar-refractivity contribution in [2.45, 2.75) is 25.8 Å². The van der Waals surface area contributed by atoms with Crippen molar-refractivity contribution >= 4 is 24.0 Å². The van der Waals surface area contributed by atoms with Gasteiger partial charge in [0, 0.05) is 24.6 Å². The maximum absolute atomic E-state index is 12.5. The summed E-state index contributed by atoms with van der Waals surface area (Å²) >= 11 is 0. The molecule has 0 aliphatic carbocycles. The lowest BCUT2D eigenvalue weighted by molar-refractivity contribution is -0.142. The summed E-state index contributed by atoms with van der Waals surface area (Å²) in [5.74, 6) is -1.32. The van der Waals surface area contributed by atoms with Crippen molar-refractivity contribution < 1.29 is 19.2 Å². The van der Waals surface area contributed by atoms with Gasteiger partial charge in [0.15, 0.2) is 6.29 Å². The first-order valence-corrected chi connectivity index (χ1v) is 7.51. The zero-order chi connectivity index (χ0) is 18.7. The Hall–Kier alpha value is -2.54. The van der Waals surface area contributed by atoms with Gasteiger partial charge in [0.1, 0.15) is 6.04 Å². The molecule has 1 unspecified atom stereocenters. The van der Waals surface area contributed by atoms with Gasteiger partial charge in [-0.25, -0.2) is 0 Å². The van der Waals surface area contributed by atoms with Crippen LogP contribution in [0.2, 0.25) is 0 Å². The van der Waals surface area contributed by atoms with E-state index in [1.165, 1.54) is 24.1 Å². The Balaban J connectivity index is 0.00000163. The normalized spacial score (nSPS) is 18.1. The second kappa shape index (κ2) is 11.1. The van der Waals surface area contributed by atoms with E-state index in [1.807, 2.05) is 14.1 Å². The van der Waals surface area contributed by atoms with Crippen LogP contribution in [0, 0.1) is 0 Å². The monoisotopic (exact) mass is 335 g/mol. The second-order valence-corrected chi connectivity index (χ2v) is 5.07. The van der Waals surface area contributed by atoms with Crippen LogP contribution >= 0.6 is 0 Å². The highest BCUT2D eigenvalue weighted by atomic mass is 16.2. The first-order chi connectivity index (χ1) is 11.4. The van der Waals surface area contributed by atoms with Crippen molar-refractivity contribution in [3.05, 3.63) is 36.0 Å². The van der Waals surface area contributed by atoms with Crippen molar-refractivity contribution in [1.82, 2.24) is 15.5 Å². The van der Waals surface area contributed by atoms with E-state index in [0.717, 1.165) is 0 Å². The quantitative estimate of drug-likeness (QED) is 0.327. The number of imide groups is 1. The number of likely N-dealkylation sites (N-methyl/N-ethyl adjacent to an activating group) is 1. The number of allylic oxidation sites excluding steroid dienone is 3. The Morgan fingerprint density at radius 2 is 1.96 bits per heavy atom. The molecule has 0 aromatic rings. The molecule has 1 heterocycles. The third-order valence-electron chi connectivity index (χ3n) is 3.22. The van der Waals surface area contributed by atoms with Gasteiger partial charge in [-0.3, -0.25) is 24.5 Å². The number of piperidine rings is 1. The van der Waals surface area contributed by atoms with Crippen molar-refractivity contribution in [3.63, 3.8) is 0 Å². The lowest BCUT2D eigenvalue weighted by atomic mass is 10.0. The number of aldehydes is 1. The van der Waals surface area contributed by atoms with Crippen molar-refractivity contribution in [3.8, 4) is 0 Å². The summed E-state index contributed by atoms with van der Waals surface area (Å²) < 4.78 is 0. The number of hydrogen-bond donors (Lipinski definition) is 2. The standard InChI is InChI=1S/C15H18N2O4.C2H7N/c1-4-6-11(10(5-2)9-18)15(21)17(3)12-7-8-13(19)16-14(12)20;1-3-2/h4-6,9,12H,2,7-8H2,1,3H3,(H,16,19,20);3H,1-2H3/b6-4-,11-10-;. The van der Waals surface area contributed by atoms with E-state index in [9.17, 15) is 19.2 Å². The van der Waals surface area contributed by atoms with Gasteiger partial charge in [-0.15, -0.1) is 0 Å². The molecule has 7 heteroatoms. The summed E-state index contributed by atoms with van der Waals surface area (Å²) in [5, 5.41) is 4.95. The molecule has 24 heavy (non-hydrogen) atoms. The largest absolute Gasteiger partial charge is 0.330 e. The molecule has 0 saturated carbocycles. The van der Waals surface area contributed by atoms with E-state index in [4.69, 9.17) is 0 Å². The number of carbonyl (C=O) groups is 4. The average molecular weight is 335 g/mol. The molecule has 1 atom stereocenters. The third kappa shape index (κ3) is 5.92. The first-order valence-electron chi connectivity index (χ1n) is 7.51. The van der Waals surface area contributed by atoms with Crippen LogP contribution in [0.5, 0.6) is 0 Å². The average Bonchev–Trinajstić information content (AvgIpc) is 2.54. The van der Waals surface area contributed by atoms with Crippen molar-refractivity contribution in [2.75, 3.05) is 21.1 Å². The van der Waals surface area contributed by atoms with Crippen molar-refractivity contribution in [2.24, 2.45) is 0 Å². The van der Waals surface area contributed by atoms with Crippen LogP contribution in [0.4, 0.5) is 0 Å². The zero-order valence-electron chi connectivity index (χ0n) is 14.6. The summed E-state index contributed by atoms with van der Waals surface area (Å²) in [6.45, 7) is 5.21. The van der Waals surface area contributed by atoms with Crippen molar-refractivity contribution in [1.29, 1.82) is 0 Å². The highest BCUT2D eigenvalue weighted by molar-refractivity contribution is 6.06. The maximum atomic E-state index is 12.5. The van der Waals surface area contributed by atoms with E-state index >= 15 is 0 Å². The molecule has 1 aliphatic heterocycles. The van der Waals surface area contributed by atoms with Gasteiger partial charge in [-0.1, -0.05) is 24.8 Å². The third-order valence-corrected chi connectivity index (χ3v) is 3.22. The molecule has 0 bridgehead atoms. The molecule has 1 fully saturated rings. The minimum absolute atomic E-state index is 0.150. The molecular formula is C17H25N3O4. The molecule has 7 nitrogen and oxygen atoms in total. The fourth-order valence-corrected chi connectivity index (χ4v) is 2.06. The second-order valence-electron chi connectivity index (χ2n) is 5.07. The molecule has 2 N–H and O–H groups in total. The van der Waals surface area contributed by atoms with Crippen LogP contribution in [-0.4, -0.2) is 56.1 Å². The molecular weight excluding hydrogens is 310 g/mol. The van der Waals surface area contributed by atoms with Crippen LogP contribution in [0.1, 0.15) is 19.8 Å². The molecule has 3 amide bonds. The van der Waals surface area contributed by atoms with Gasteiger partial charge in [-0.05, 0) is 27.4 Å². The Labute approximate surface area is 142 Å². The minimum atomic E-state index is -0.729. The molecule has 132 valence electrons. The Kier molecular flexibility index (Phi) is 9.90. The highest BCUT2D eigenvalue weighted by Gasteiger charge is 2.33. The topological polar surface area (TPSA) is 95.6 Å². The Morgan fingerprint density at radius 3 is 2.38 bits per heavy atom. The van der Waals surface area contributed by atoms with Gasteiger partial charge in [-0.2, -0.15) is 0 Å². The summed E-state index contributed by atoms with van der Waals surface area (Å²) in [7, 11) is 5.22. The van der Waals surface area contributed by atoms with Crippen LogP contribution < -0.4 is 10.6 Å². The first kappa shape index (κ1) is 21.5. The maximum Gasteiger partial charge on any atom is 0.254 e. The van der Waals surface area contributed by atoms with Gasteiger partial charge in [0.2, 0.25) is 11.8 Å². The number of nitrogens with zero attached hydrogens (tertiary/aromatic N) is 1. The molecule has 0 spiro atoms. The summed E-state index contributed by atoms with van der Waals surface area (Å²) in [6, 6.07) is -0.729. The van der Waals surface area contributed by atoms with Gasteiger partial charge in [0.25, 0.3) is 5.91 Å². The smallest absolute Gasteiger partial charge is 0.254 e. The number of amides is 3. The summed E-state index contributed by atoms with van der Waals surface area (Å²) in [6.07, 6.45) is 5.39.